The van der Waals surface area contributed by atoms with E-state index in [1.54, 1.807) is 0 Å². The summed E-state index contributed by atoms with van der Waals surface area (Å²) in [5.74, 6) is -0.00565. The zero-order valence-corrected chi connectivity index (χ0v) is 22.0. The Morgan fingerprint density at radius 3 is 1.97 bits per heavy atom. The number of hydrogen-bond donors (Lipinski definition) is 2. The molecule has 2 aliphatic heterocycles. The van der Waals surface area contributed by atoms with Gasteiger partial charge in [-0.1, -0.05) is 30.3 Å². The Labute approximate surface area is 225 Å². The summed E-state index contributed by atoms with van der Waals surface area (Å²) in [7, 11) is 0. The molecule has 206 valence electrons. The first kappa shape index (κ1) is 31.3. The van der Waals surface area contributed by atoms with Crippen molar-refractivity contribution in [2.24, 2.45) is 0 Å². The molecule has 37 heavy (non-hydrogen) atoms. The van der Waals surface area contributed by atoms with Crippen molar-refractivity contribution in [1.29, 1.82) is 0 Å². The average Bonchev–Trinajstić information content (AvgIpc) is 3.18. The van der Waals surface area contributed by atoms with E-state index in [-0.39, 0.29) is 56.7 Å². The van der Waals surface area contributed by atoms with Crippen molar-refractivity contribution in [1.82, 2.24) is 10.6 Å². The van der Waals surface area contributed by atoms with Crippen LogP contribution in [0.4, 0.5) is 26.3 Å². The number of rotatable bonds is 5. The van der Waals surface area contributed by atoms with E-state index in [4.69, 9.17) is 4.74 Å². The second-order valence-corrected chi connectivity index (χ2v) is 9.42. The van der Waals surface area contributed by atoms with E-state index < -0.39 is 35.1 Å². The van der Waals surface area contributed by atoms with Gasteiger partial charge in [0.2, 0.25) is 5.91 Å². The van der Waals surface area contributed by atoms with Gasteiger partial charge in [-0.25, -0.2) is 0 Å². The molecule has 2 aromatic rings. The quantitative estimate of drug-likeness (QED) is 0.438. The van der Waals surface area contributed by atoms with Gasteiger partial charge in [-0.2, -0.15) is 53.3 Å². The fourth-order valence-corrected chi connectivity index (χ4v) is 4.85. The lowest BCUT2D eigenvalue weighted by Gasteiger charge is -2.46. The summed E-state index contributed by atoms with van der Waals surface area (Å²) in [6.45, 7) is 1.95. The number of halogens is 6. The Kier molecular flexibility index (Phi) is 9.71. The molecule has 3 atom stereocenters. The van der Waals surface area contributed by atoms with E-state index in [1.807, 2.05) is 30.3 Å². The molecule has 4 nitrogen and oxygen atoms in total. The summed E-state index contributed by atoms with van der Waals surface area (Å²) in [6, 6.07) is 10.9. The molecular formula is C25H30F6N2O2S2. The molecule has 1 amide bonds. The summed E-state index contributed by atoms with van der Waals surface area (Å²) in [5.41, 5.74) is -3.11. The van der Waals surface area contributed by atoms with Crippen molar-refractivity contribution in [3.05, 3.63) is 70.8 Å². The number of carbonyl (C=O) groups is 1. The molecule has 4 rings (SSSR count). The van der Waals surface area contributed by atoms with E-state index in [1.165, 1.54) is 6.92 Å². The van der Waals surface area contributed by atoms with Crippen LogP contribution in [-0.2, 0) is 27.4 Å². The smallest absolute Gasteiger partial charge is 0.372 e. The summed E-state index contributed by atoms with van der Waals surface area (Å²) in [6.07, 6.45) is -8.49. The molecule has 0 aromatic heterocycles. The molecule has 0 radical (unpaired) electrons. The number of hydrogen-bond acceptors (Lipinski definition) is 3. The van der Waals surface area contributed by atoms with Gasteiger partial charge < -0.3 is 15.4 Å². The Hall–Kier alpha value is -1.89. The highest BCUT2D eigenvalue weighted by molar-refractivity contribution is 7.59. The molecule has 2 aliphatic rings. The standard InChI is InChI=1S/C25H26F6N2O2.2H2S/c1-16(17-11-19(24(26,27)28)13-20(12-17)25(29,30)31)35-15-23(18-5-3-2-4-6-18)10-9-22(14-32-23)8-7-21(34)33-22;;/h2-6,11-13,16,32H,7-10,14-15H2,1H3,(H,33,34);2*1H2/t16-,22-,23-;;/m1../s1. The highest BCUT2D eigenvalue weighted by Gasteiger charge is 2.47. The normalized spacial score (nSPS) is 24.7. The number of piperidine rings is 1. The number of benzene rings is 2. The van der Waals surface area contributed by atoms with Crippen LogP contribution in [0.2, 0.25) is 0 Å². The minimum absolute atomic E-state index is 0. The molecule has 2 saturated heterocycles. The predicted octanol–water partition coefficient (Wildman–Crippen LogP) is 5.96. The van der Waals surface area contributed by atoms with E-state index in [9.17, 15) is 31.1 Å². The maximum atomic E-state index is 13.3. The molecule has 0 unspecified atom stereocenters. The van der Waals surface area contributed by atoms with E-state index in [0.717, 1.165) is 5.56 Å². The maximum absolute atomic E-state index is 13.3. The van der Waals surface area contributed by atoms with Gasteiger partial charge in [-0.15, -0.1) is 0 Å². The molecule has 2 fully saturated rings. The van der Waals surface area contributed by atoms with Crippen molar-refractivity contribution in [3.8, 4) is 0 Å². The van der Waals surface area contributed by atoms with Crippen LogP contribution in [0.25, 0.3) is 0 Å². The van der Waals surface area contributed by atoms with E-state index in [0.29, 0.717) is 44.4 Å². The summed E-state index contributed by atoms with van der Waals surface area (Å²) < 4.78 is 85.6. The first-order valence-electron chi connectivity index (χ1n) is 11.3. The first-order chi connectivity index (χ1) is 16.3. The van der Waals surface area contributed by atoms with Gasteiger partial charge >= 0.3 is 12.4 Å². The third-order valence-corrected chi connectivity index (χ3v) is 7.02. The highest BCUT2D eigenvalue weighted by Crippen LogP contribution is 2.40. The Morgan fingerprint density at radius 2 is 1.51 bits per heavy atom. The lowest BCUT2D eigenvalue weighted by Crippen LogP contribution is -2.61. The number of ether oxygens (including phenoxy) is 1. The number of carbonyl (C=O) groups excluding carboxylic acids is 1. The van der Waals surface area contributed by atoms with Gasteiger partial charge in [0, 0.05) is 13.0 Å². The van der Waals surface area contributed by atoms with Crippen LogP contribution in [-0.4, -0.2) is 24.6 Å². The minimum atomic E-state index is -4.92. The molecule has 2 N–H and O–H groups in total. The average molecular weight is 569 g/mol. The van der Waals surface area contributed by atoms with Gasteiger partial charge in [0.15, 0.2) is 0 Å². The fourth-order valence-electron chi connectivity index (χ4n) is 4.85. The zero-order valence-electron chi connectivity index (χ0n) is 20.0. The molecule has 1 spiro atoms. The van der Waals surface area contributed by atoms with Crippen LogP contribution in [0.3, 0.4) is 0 Å². The second kappa shape index (κ2) is 11.5. The van der Waals surface area contributed by atoms with Crippen LogP contribution in [0, 0.1) is 0 Å². The van der Waals surface area contributed by atoms with Gasteiger partial charge in [0.1, 0.15) is 0 Å². The van der Waals surface area contributed by atoms with Crippen molar-refractivity contribution >= 4 is 32.9 Å². The Bertz CT molecular complexity index is 1040. The third kappa shape index (κ3) is 6.96. The number of amides is 1. The third-order valence-electron chi connectivity index (χ3n) is 7.02. The summed E-state index contributed by atoms with van der Waals surface area (Å²) in [5, 5.41) is 6.52. The van der Waals surface area contributed by atoms with Crippen LogP contribution < -0.4 is 10.6 Å². The van der Waals surface area contributed by atoms with E-state index in [2.05, 4.69) is 10.6 Å². The largest absolute Gasteiger partial charge is 0.416 e. The highest BCUT2D eigenvalue weighted by atomic mass is 32.1. The molecule has 0 aliphatic carbocycles. The molecular weight excluding hydrogens is 538 g/mol. The van der Waals surface area contributed by atoms with Crippen LogP contribution >= 0.6 is 27.0 Å². The lowest BCUT2D eigenvalue weighted by atomic mass is 9.76. The monoisotopic (exact) mass is 568 g/mol. The van der Waals surface area contributed by atoms with Crippen molar-refractivity contribution in [3.63, 3.8) is 0 Å². The summed E-state index contributed by atoms with van der Waals surface area (Å²) in [4.78, 5) is 11.8. The SMILES string of the molecule is C[C@@H](OC[C@@]1(c2ccccc2)CC[C@]2(CCC(=O)N2)CN1)c1cc(C(F)(F)F)cc(C(F)(F)F)c1.S.S. The second-order valence-electron chi connectivity index (χ2n) is 9.42. The molecule has 0 saturated carbocycles. The van der Waals surface area contributed by atoms with Gasteiger partial charge in [-0.05, 0) is 55.5 Å². The van der Waals surface area contributed by atoms with Crippen molar-refractivity contribution in [2.45, 2.75) is 62.1 Å². The van der Waals surface area contributed by atoms with Crippen LogP contribution in [0.15, 0.2) is 48.5 Å². The Morgan fingerprint density at radius 1 is 0.919 bits per heavy atom. The van der Waals surface area contributed by atoms with E-state index >= 15 is 0 Å². The lowest BCUT2D eigenvalue weighted by molar-refractivity contribution is -0.143. The maximum Gasteiger partial charge on any atom is 0.416 e. The number of nitrogens with one attached hydrogen (secondary N) is 2. The first-order valence-corrected chi connectivity index (χ1v) is 11.3. The summed E-state index contributed by atoms with van der Waals surface area (Å²) >= 11 is 0. The van der Waals surface area contributed by atoms with Crippen LogP contribution in [0.1, 0.15) is 61.0 Å². The molecule has 12 heteroatoms. The van der Waals surface area contributed by atoms with Crippen molar-refractivity contribution < 1.29 is 35.9 Å². The predicted molar refractivity (Wildman–Crippen MR) is 137 cm³/mol. The zero-order chi connectivity index (χ0) is 25.5. The van der Waals surface area contributed by atoms with Gasteiger partial charge in [0.05, 0.1) is 34.9 Å². The van der Waals surface area contributed by atoms with Gasteiger partial charge in [0.25, 0.3) is 0 Å². The topological polar surface area (TPSA) is 50.4 Å². The molecule has 2 aromatic carbocycles. The minimum Gasteiger partial charge on any atom is -0.372 e. The van der Waals surface area contributed by atoms with Gasteiger partial charge in [-0.3, -0.25) is 4.79 Å². The molecule has 0 bridgehead atoms. The fraction of sp³-hybridized carbons (Fsp3) is 0.480. The van der Waals surface area contributed by atoms with Crippen LogP contribution in [0.5, 0.6) is 0 Å². The number of alkyl halides is 6. The molecule has 2 heterocycles. The van der Waals surface area contributed by atoms with Crippen molar-refractivity contribution in [2.75, 3.05) is 13.2 Å². The Balaban J connectivity index is 0.00000241.